The predicted octanol–water partition coefficient (Wildman–Crippen LogP) is 3.56. The van der Waals surface area contributed by atoms with Gasteiger partial charge in [-0.3, -0.25) is 4.90 Å². The Labute approximate surface area is 134 Å². The number of likely N-dealkylation sites (tertiary alicyclic amines) is 1. The Hall–Kier alpha value is -0.290. The molecule has 0 radical (unpaired) electrons. The van der Waals surface area contributed by atoms with Gasteiger partial charge in [0.15, 0.2) is 0 Å². The molecule has 1 aromatic carbocycles. The number of nitrogens with zero attached hydrogens (tertiary/aromatic N) is 1. The highest BCUT2D eigenvalue weighted by atomic mass is 79.9. The van der Waals surface area contributed by atoms with Crippen LogP contribution in [0, 0.1) is 0 Å². The standard InChI is InChI=1S/C15H22BrClN2O/c1-15(18-2)5-7-19(8-6-15)9-10-20-14-4-3-12(17)11-13(14)16/h3-4,11,18H,5-10H2,1-2H3. The number of hydrogen-bond donors (Lipinski definition) is 1. The van der Waals surface area contributed by atoms with Gasteiger partial charge in [0.2, 0.25) is 0 Å². The van der Waals surface area contributed by atoms with Crippen molar-refractivity contribution in [2.24, 2.45) is 0 Å². The van der Waals surface area contributed by atoms with Crippen molar-refractivity contribution in [2.45, 2.75) is 25.3 Å². The van der Waals surface area contributed by atoms with Crippen LogP contribution < -0.4 is 10.1 Å². The molecule has 2 rings (SSSR count). The molecule has 112 valence electrons. The van der Waals surface area contributed by atoms with Crippen molar-refractivity contribution in [3.8, 4) is 5.75 Å². The van der Waals surface area contributed by atoms with Gasteiger partial charge < -0.3 is 10.1 Å². The van der Waals surface area contributed by atoms with Gasteiger partial charge >= 0.3 is 0 Å². The van der Waals surface area contributed by atoms with E-state index in [1.807, 2.05) is 18.2 Å². The average Bonchev–Trinajstić information content (AvgIpc) is 2.43. The lowest BCUT2D eigenvalue weighted by atomic mass is 9.90. The molecular weight excluding hydrogens is 340 g/mol. The molecule has 0 spiro atoms. The molecule has 0 unspecified atom stereocenters. The molecule has 1 aliphatic rings. The third kappa shape index (κ3) is 4.35. The zero-order chi connectivity index (χ0) is 14.6. The number of ether oxygens (including phenoxy) is 1. The van der Waals surface area contributed by atoms with Gasteiger partial charge in [-0.15, -0.1) is 0 Å². The highest BCUT2D eigenvalue weighted by Gasteiger charge is 2.27. The van der Waals surface area contributed by atoms with E-state index in [9.17, 15) is 0 Å². The van der Waals surface area contributed by atoms with E-state index in [4.69, 9.17) is 16.3 Å². The van der Waals surface area contributed by atoms with Gasteiger partial charge in [0, 0.05) is 30.2 Å². The van der Waals surface area contributed by atoms with Crippen molar-refractivity contribution >= 4 is 27.5 Å². The average molecular weight is 362 g/mol. The van der Waals surface area contributed by atoms with Gasteiger partial charge in [0.1, 0.15) is 12.4 Å². The third-order valence-electron chi connectivity index (χ3n) is 4.12. The fourth-order valence-corrected chi connectivity index (χ4v) is 3.19. The SMILES string of the molecule is CNC1(C)CCN(CCOc2ccc(Cl)cc2Br)CC1. The largest absolute Gasteiger partial charge is 0.491 e. The molecule has 5 heteroatoms. The summed E-state index contributed by atoms with van der Waals surface area (Å²) in [6.07, 6.45) is 2.38. The molecule has 0 saturated carbocycles. The molecule has 1 N–H and O–H groups in total. The Morgan fingerprint density at radius 3 is 2.70 bits per heavy atom. The molecule has 1 heterocycles. The van der Waals surface area contributed by atoms with Crippen LogP contribution in [0.25, 0.3) is 0 Å². The maximum Gasteiger partial charge on any atom is 0.133 e. The quantitative estimate of drug-likeness (QED) is 0.868. The molecule has 1 fully saturated rings. The van der Waals surface area contributed by atoms with Crippen LogP contribution in [0.4, 0.5) is 0 Å². The van der Waals surface area contributed by atoms with Crippen molar-refractivity contribution in [3.63, 3.8) is 0 Å². The summed E-state index contributed by atoms with van der Waals surface area (Å²) < 4.78 is 6.72. The molecule has 0 atom stereocenters. The molecule has 3 nitrogen and oxygen atoms in total. The zero-order valence-corrected chi connectivity index (χ0v) is 14.4. The van der Waals surface area contributed by atoms with E-state index >= 15 is 0 Å². The lowest BCUT2D eigenvalue weighted by Crippen LogP contribution is -2.50. The first kappa shape index (κ1) is 16.1. The van der Waals surface area contributed by atoms with Crippen LogP contribution >= 0.6 is 27.5 Å². The van der Waals surface area contributed by atoms with Crippen LogP contribution in [0.2, 0.25) is 5.02 Å². The summed E-state index contributed by atoms with van der Waals surface area (Å²) in [6, 6.07) is 5.61. The summed E-state index contributed by atoms with van der Waals surface area (Å²) in [5.41, 5.74) is 0.302. The van der Waals surface area contributed by atoms with E-state index in [-0.39, 0.29) is 0 Å². The predicted molar refractivity (Wildman–Crippen MR) is 87.8 cm³/mol. The molecular formula is C15H22BrClN2O. The van der Waals surface area contributed by atoms with Crippen LogP contribution in [0.5, 0.6) is 5.75 Å². The summed E-state index contributed by atoms with van der Waals surface area (Å²) in [7, 11) is 2.05. The molecule has 0 bridgehead atoms. The van der Waals surface area contributed by atoms with Gasteiger partial charge in [-0.1, -0.05) is 11.6 Å². The first-order chi connectivity index (χ1) is 9.52. The maximum atomic E-state index is 5.91. The first-order valence-corrected chi connectivity index (χ1v) is 8.19. The maximum absolute atomic E-state index is 5.91. The Bertz CT molecular complexity index is 447. The number of benzene rings is 1. The van der Waals surface area contributed by atoms with E-state index in [2.05, 4.69) is 40.1 Å². The number of rotatable bonds is 5. The van der Waals surface area contributed by atoms with Crippen molar-refractivity contribution in [1.29, 1.82) is 0 Å². The van der Waals surface area contributed by atoms with Crippen molar-refractivity contribution in [2.75, 3.05) is 33.3 Å². The van der Waals surface area contributed by atoms with Crippen molar-refractivity contribution < 1.29 is 4.74 Å². The smallest absolute Gasteiger partial charge is 0.133 e. The molecule has 1 aliphatic heterocycles. The summed E-state index contributed by atoms with van der Waals surface area (Å²) in [4.78, 5) is 2.46. The van der Waals surface area contributed by atoms with Crippen LogP contribution in [-0.2, 0) is 0 Å². The Balaban J connectivity index is 1.74. The van der Waals surface area contributed by atoms with Gasteiger partial charge in [0.25, 0.3) is 0 Å². The second-order valence-electron chi connectivity index (χ2n) is 5.58. The van der Waals surface area contributed by atoms with Crippen LogP contribution in [0.3, 0.4) is 0 Å². The number of hydrogen-bond acceptors (Lipinski definition) is 3. The molecule has 1 aromatic rings. The monoisotopic (exact) mass is 360 g/mol. The van der Waals surface area contributed by atoms with Gasteiger partial charge in [-0.05, 0) is 60.9 Å². The van der Waals surface area contributed by atoms with Crippen LogP contribution in [-0.4, -0.2) is 43.7 Å². The number of halogens is 2. The summed E-state index contributed by atoms with van der Waals surface area (Å²) in [5, 5.41) is 4.13. The summed E-state index contributed by atoms with van der Waals surface area (Å²) in [6.45, 7) is 6.22. The highest BCUT2D eigenvalue weighted by molar-refractivity contribution is 9.10. The van der Waals surface area contributed by atoms with Gasteiger partial charge in [0.05, 0.1) is 4.47 Å². The van der Waals surface area contributed by atoms with E-state index in [1.54, 1.807) is 0 Å². The second kappa shape index (κ2) is 7.12. The lowest BCUT2D eigenvalue weighted by Gasteiger charge is -2.39. The third-order valence-corrected chi connectivity index (χ3v) is 4.98. The van der Waals surface area contributed by atoms with Crippen LogP contribution in [0.1, 0.15) is 19.8 Å². The van der Waals surface area contributed by atoms with Crippen molar-refractivity contribution in [3.05, 3.63) is 27.7 Å². The molecule has 0 amide bonds. The topological polar surface area (TPSA) is 24.5 Å². The summed E-state index contributed by atoms with van der Waals surface area (Å²) in [5.74, 6) is 0.853. The van der Waals surface area contributed by atoms with E-state index in [0.29, 0.717) is 17.2 Å². The first-order valence-electron chi connectivity index (χ1n) is 7.01. The summed E-state index contributed by atoms with van der Waals surface area (Å²) >= 11 is 9.38. The molecule has 0 aromatic heterocycles. The highest BCUT2D eigenvalue weighted by Crippen LogP contribution is 2.28. The number of piperidine rings is 1. The Kier molecular flexibility index (Phi) is 5.73. The van der Waals surface area contributed by atoms with Crippen LogP contribution in [0.15, 0.2) is 22.7 Å². The van der Waals surface area contributed by atoms with E-state index in [1.165, 1.54) is 12.8 Å². The molecule has 1 saturated heterocycles. The second-order valence-corrected chi connectivity index (χ2v) is 6.87. The minimum Gasteiger partial charge on any atom is -0.491 e. The Morgan fingerprint density at radius 2 is 2.10 bits per heavy atom. The minimum atomic E-state index is 0.302. The molecule has 20 heavy (non-hydrogen) atoms. The Morgan fingerprint density at radius 1 is 1.40 bits per heavy atom. The molecule has 0 aliphatic carbocycles. The zero-order valence-electron chi connectivity index (χ0n) is 12.1. The van der Waals surface area contributed by atoms with E-state index < -0.39 is 0 Å². The van der Waals surface area contributed by atoms with Crippen molar-refractivity contribution in [1.82, 2.24) is 10.2 Å². The van der Waals surface area contributed by atoms with Gasteiger partial charge in [-0.25, -0.2) is 0 Å². The fourth-order valence-electron chi connectivity index (χ4n) is 2.40. The number of nitrogens with one attached hydrogen (secondary N) is 1. The normalized spacial score (nSPS) is 19.0. The minimum absolute atomic E-state index is 0.302. The van der Waals surface area contributed by atoms with E-state index in [0.717, 1.165) is 29.9 Å². The lowest BCUT2D eigenvalue weighted by molar-refractivity contribution is 0.132. The van der Waals surface area contributed by atoms with Gasteiger partial charge in [-0.2, -0.15) is 0 Å². The fraction of sp³-hybridized carbons (Fsp3) is 0.600.